The molecule has 1 aromatic heterocycles. The van der Waals surface area contributed by atoms with Crippen LogP contribution in [0.4, 0.5) is 5.82 Å². The van der Waals surface area contributed by atoms with Crippen LogP contribution in [-0.4, -0.2) is 31.9 Å². The molecule has 0 fully saturated rings. The molecule has 1 heterocycles. The highest BCUT2D eigenvalue weighted by molar-refractivity contribution is 7.89. The van der Waals surface area contributed by atoms with Crippen molar-refractivity contribution in [2.75, 3.05) is 12.3 Å². The number of halogens is 1. The maximum atomic E-state index is 12.1. The Kier molecular flexibility index (Phi) is 5.94. The van der Waals surface area contributed by atoms with Gasteiger partial charge in [-0.05, 0) is 18.9 Å². The quantitative estimate of drug-likeness (QED) is 0.710. The molecule has 7 nitrogen and oxygen atoms in total. The van der Waals surface area contributed by atoms with Crippen molar-refractivity contribution in [2.24, 2.45) is 5.92 Å². The average Bonchev–Trinajstić information content (AvgIpc) is 2.38. The largest absolute Gasteiger partial charge is 0.382 e. The second kappa shape index (κ2) is 7.06. The molecule has 0 aliphatic rings. The summed E-state index contributed by atoms with van der Waals surface area (Å²) in [4.78, 5) is 15.3. The van der Waals surface area contributed by atoms with Crippen LogP contribution in [0.1, 0.15) is 20.8 Å². The Balaban J connectivity index is 2.80. The number of carbonyl (C=O) groups excluding carboxylic acids is 1. The lowest BCUT2D eigenvalue weighted by Crippen LogP contribution is -2.45. The van der Waals surface area contributed by atoms with Crippen molar-refractivity contribution in [2.45, 2.75) is 31.7 Å². The summed E-state index contributed by atoms with van der Waals surface area (Å²) in [5.74, 6) is -0.0852. The van der Waals surface area contributed by atoms with E-state index in [0.29, 0.717) is 6.54 Å². The second-order valence-electron chi connectivity index (χ2n) is 5.02. The lowest BCUT2D eigenvalue weighted by Gasteiger charge is -2.15. The molecule has 21 heavy (non-hydrogen) atoms. The van der Waals surface area contributed by atoms with Gasteiger partial charge in [0.25, 0.3) is 0 Å². The minimum atomic E-state index is -3.90. The summed E-state index contributed by atoms with van der Waals surface area (Å²) in [6.45, 7) is 5.81. The molecule has 0 aromatic carbocycles. The summed E-state index contributed by atoms with van der Waals surface area (Å²) in [5.41, 5.74) is 5.43. The SMILES string of the molecule is CC(C)CNC(=O)C(C)NS(=O)(=O)c1cnc(N)c(Cl)c1. The first kappa shape index (κ1) is 17.7. The number of amides is 1. The third kappa shape index (κ3) is 5.14. The number of nitrogens with one attached hydrogen (secondary N) is 2. The van der Waals surface area contributed by atoms with Crippen LogP contribution < -0.4 is 15.8 Å². The second-order valence-corrected chi connectivity index (χ2v) is 7.14. The van der Waals surface area contributed by atoms with Gasteiger partial charge in [-0.1, -0.05) is 25.4 Å². The first-order chi connectivity index (χ1) is 9.63. The van der Waals surface area contributed by atoms with Gasteiger partial charge in [-0.15, -0.1) is 0 Å². The Hall–Kier alpha value is -1.38. The molecule has 0 aliphatic carbocycles. The van der Waals surface area contributed by atoms with Crippen LogP contribution >= 0.6 is 11.6 Å². The van der Waals surface area contributed by atoms with E-state index in [9.17, 15) is 13.2 Å². The van der Waals surface area contributed by atoms with Gasteiger partial charge in [-0.25, -0.2) is 13.4 Å². The maximum Gasteiger partial charge on any atom is 0.242 e. The van der Waals surface area contributed by atoms with E-state index >= 15 is 0 Å². The third-order valence-corrected chi connectivity index (χ3v) is 4.38. The van der Waals surface area contributed by atoms with Gasteiger partial charge in [0.1, 0.15) is 10.7 Å². The van der Waals surface area contributed by atoms with E-state index in [-0.39, 0.29) is 21.7 Å². The van der Waals surface area contributed by atoms with Crippen molar-refractivity contribution in [3.8, 4) is 0 Å². The Morgan fingerprint density at radius 1 is 1.43 bits per heavy atom. The fourth-order valence-corrected chi connectivity index (χ4v) is 2.79. The van der Waals surface area contributed by atoms with Crippen LogP contribution in [0.3, 0.4) is 0 Å². The van der Waals surface area contributed by atoms with Gasteiger partial charge in [0.15, 0.2) is 0 Å². The number of hydrogen-bond acceptors (Lipinski definition) is 5. The molecular formula is C12H19ClN4O3S. The molecule has 0 spiro atoms. The Labute approximate surface area is 129 Å². The van der Waals surface area contributed by atoms with Crippen LogP contribution in [0, 0.1) is 5.92 Å². The zero-order valence-electron chi connectivity index (χ0n) is 12.1. The highest BCUT2D eigenvalue weighted by atomic mass is 35.5. The van der Waals surface area contributed by atoms with Crippen molar-refractivity contribution in [1.29, 1.82) is 0 Å². The van der Waals surface area contributed by atoms with Gasteiger partial charge in [0, 0.05) is 12.7 Å². The van der Waals surface area contributed by atoms with E-state index < -0.39 is 22.0 Å². The van der Waals surface area contributed by atoms with Gasteiger partial charge in [0.05, 0.1) is 11.1 Å². The number of aromatic nitrogens is 1. The van der Waals surface area contributed by atoms with Crippen LogP contribution in [0.5, 0.6) is 0 Å². The molecule has 1 amide bonds. The molecular weight excluding hydrogens is 316 g/mol. The Bertz CT molecular complexity index is 619. The van der Waals surface area contributed by atoms with E-state index in [1.54, 1.807) is 0 Å². The Morgan fingerprint density at radius 2 is 2.05 bits per heavy atom. The number of rotatable bonds is 6. The third-order valence-electron chi connectivity index (χ3n) is 2.56. The molecule has 1 rings (SSSR count). The fourth-order valence-electron chi connectivity index (χ4n) is 1.39. The first-order valence-corrected chi connectivity index (χ1v) is 8.20. The van der Waals surface area contributed by atoms with Crippen molar-refractivity contribution < 1.29 is 13.2 Å². The molecule has 9 heteroatoms. The number of nitrogen functional groups attached to an aromatic ring is 1. The number of pyridine rings is 1. The van der Waals surface area contributed by atoms with Gasteiger partial charge in [-0.2, -0.15) is 4.72 Å². The summed E-state index contributed by atoms with van der Waals surface area (Å²) >= 11 is 5.74. The molecule has 0 saturated carbocycles. The summed E-state index contributed by atoms with van der Waals surface area (Å²) in [6, 6.07) is 0.274. The van der Waals surface area contributed by atoms with Crippen LogP contribution in [0.15, 0.2) is 17.2 Å². The van der Waals surface area contributed by atoms with Crippen LogP contribution in [-0.2, 0) is 14.8 Å². The normalized spacial score (nSPS) is 13.2. The minimum Gasteiger partial charge on any atom is -0.382 e. The predicted octanol–water partition coefficient (Wildman–Crippen LogP) is 0.756. The molecule has 1 aromatic rings. The van der Waals surface area contributed by atoms with Crippen molar-refractivity contribution in [3.63, 3.8) is 0 Å². The van der Waals surface area contributed by atoms with Gasteiger partial charge in [0.2, 0.25) is 15.9 Å². The fraction of sp³-hybridized carbons (Fsp3) is 0.500. The zero-order valence-corrected chi connectivity index (χ0v) is 13.6. The molecule has 4 N–H and O–H groups in total. The number of hydrogen-bond donors (Lipinski definition) is 3. The van der Waals surface area contributed by atoms with Crippen molar-refractivity contribution in [3.05, 3.63) is 17.3 Å². The van der Waals surface area contributed by atoms with Gasteiger partial charge >= 0.3 is 0 Å². The summed E-state index contributed by atoms with van der Waals surface area (Å²) in [5, 5.41) is 2.69. The molecule has 0 bridgehead atoms. The highest BCUT2D eigenvalue weighted by Gasteiger charge is 2.23. The smallest absolute Gasteiger partial charge is 0.242 e. The van der Waals surface area contributed by atoms with E-state index in [0.717, 1.165) is 6.20 Å². The van der Waals surface area contributed by atoms with E-state index in [4.69, 9.17) is 17.3 Å². The van der Waals surface area contributed by atoms with E-state index in [1.807, 2.05) is 13.8 Å². The number of carbonyl (C=O) groups is 1. The maximum absolute atomic E-state index is 12.1. The minimum absolute atomic E-state index is 0.0368. The molecule has 0 saturated heterocycles. The zero-order chi connectivity index (χ0) is 16.2. The average molecular weight is 335 g/mol. The Morgan fingerprint density at radius 3 is 2.57 bits per heavy atom. The monoisotopic (exact) mass is 334 g/mol. The number of nitrogens with zero attached hydrogens (tertiary/aromatic N) is 1. The summed E-state index contributed by atoms with van der Waals surface area (Å²) in [6.07, 6.45) is 1.09. The first-order valence-electron chi connectivity index (χ1n) is 6.34. The van der Waals surface area contributed by atoms with Crippen molar-refractivity contribution in [1.82, 2.24) is 15.0 Å². The molecule has 0 aliphatic heterocycles. The highest BCUT2D eigenvalue weighted by Crippen LogP contribution is 2.19. The molecule has 1 unspecified atom stereocenters. The number of anilines is 1. The molecule has 1 atom stereocenters. The van der Waals surface area contributed by atoms with E-state index in [1.165, 1.54) is 13.0 Å². The van der Waals surface area contributed by atoms with Crippen LogP contribution in [0.25, 0.3) is 0 Å². The van der Waals surface area contributed by atoms with Crippen LogP contribution in [0.2, 0.25) is 5.02 Å². The summed E-state index contributed by atoms with van der Waals surface area (Å²) < 4.78 is 26.5. The van der Waals surface area contributed by atoms with Gasteiger partial charge in [-0.3, -0.25) is 4.79 Å². The standard InChI is InChI=1S/C12H19ClN4O3S/c1-7(2)5-16-12(18)8(3)17-21(19,20)9-4-10(13)11(14)15-6-9/h4,6-8,17H,5H2,1-3H3,(H2,14,15)(H,16,18). The summed E-state index contributed by atoms with van der Waals surface area (Å²) in [7, 11) is -3.90. The van der Waals surface area contributed by atoms with Gasteiger partial charge < -0.3 is 11.1 Å². The topological polar surface area (TPSA) is 114 Å². The van der Waals surface area contributed by atoms with E-state index in [2.05, 4.69) is 15.0 Å². The lowest BCUT2D eigenvalue weighted by molar-refractivity contribution is -0.122. The lowest BCUT2D eigenvalue weighted by atomic mass is 10.2. The number of nitrogens with two attached hydrogens (primary N) is 1. The predicted molar refractivity (Wildman–Crippen MR) is 81.3 cm³/mol. The molecule has 0 radical (unpaired) electrons. The number of sulfonamides is 1. The molecule has 118 valence electrons. The van der Waals surface area contributed by atoms with Crippen molar-refractivity contribution >= 4 is 33.3 Å².